The number of piperazine rings is 1. The average molecular weight is 391 g/mol. The maximum Gasteiger partial charge on any atom is 0.241 e. The molecule has 1 heterocycles. The van der Waals surface area contributed by atoms with Crippen molar-refractivity contribution in [2.24, 2.45) is 11.7 Å². The molecule has 3 rings (SSSR count). The number of nitrogens with one attached hydrogen (secondary N) is 1. The van der Waals surface area contributed by atoms with Crippen LogP contribution >= 0.6 is 0 Å². The zero-order chi connectivity index (χ0) is 20.3. The maximum atomic E-state index is 13.3. The summed E-state index contributed by atoms with van der Waals surface area (Å²) in [4.78, 5) is 29.4. The smallest absolute Gasteiger partial charge is 0.241 e. The number of carbonyl (C=O) groups excluding carboxylic acids is 2. The molecule has 2 amide bonds. The summed E-state index contributed by atoms with van der Waals surface area (Å²) in [6.45, 7) is 6.30. The highest BCUT2D eigenvalue weighted by Gasteiger charge is 2.40. The Bertz CT molecular complexity index is 716. The minimum absolute atomic E-state index is 0.110. The summed E-state index contributed by atoms with van der Waals surface area (Å²) in [5, 5.41) is 2.76. The van der Waals surface area contributed by atoms with Crippen LogP contribution in [0.1, 0.15) is 39.5 Å². The molecule has 3 unspecified atom stereocenters. The molecule has 1 aliphatic heterocycles. The summed E-state index contributed by atoms with van der Waals surface area (Å²) in [6.07, 6.45) is 3.89. The molecule has 1 saturated heterocycles. The third-order valence-corrected chi connectivity index (χ3v) is 6.20. The van der Waals surface area contributed by atoms with E-state index in [0.29, 0.717) is 31.9 Å². The zero-order valence-electron chi connectivity index (χ0n) is 16.8. The van der Waals surface area contributed by atoms with Crippen LogP contribution in [0, 0.1) is 11.7 Å². The molecule has 28 heavy (non-hydrogen) atoms. The van der Waals surface area contributed by atoms with Crippen molar-refractivity contribution in [1.82, 2.24) is 9.80 Å². The van der Waals surface area contributed by atoms with E-state index in [1.54, 1.807) is 12.1 Å². The fourth-order valence-corrected chi connectivity index (χ4v) is 4.29. The number of rotatable bonds is 4. The third-order valence-electron chi connectivity index (χ3n) is 6.20. The Morgan fingerprint density at radius 2 is 1.96 bits per heavy atom. The molecular weight excluding hydrogens is 359 g/mol. The lowest BCUT2D eigenvalue weighted by Crippen LogP contribution is -2.58. The van der Waals surface area contributed by atoms with Crippen molar-refractivity contribution in [3.63, 3.8) is 0 Å². The first-order chi connectivity index (χ1) is 13.3. The van der Waals surface area contributed by atoms with E-state index in [-0.39, 0.29) is 29.6 Å². The molecule has 1 saturated carbocycles. The van der Waals surface area contributed by atoms with Crippen molar-refractivity contribution in [2.45, 2.75) is 51.1 Å². The van der Waals surface area contributed by atoms with Gasteiger partial charge in [0.15, 0.2) is 0 Å². The van der Waals surface area contributed by atoms with Crippen LogP contribution in [0.15, 0.2) is 24.3 Å². The highest BCUT2D eigenvalue weighted by Crippen LogP contribution is 2.33. The number of anilines is 1. The normalized spacial score (nSPS) is 27.3. The lowest BCUT2D eigenvalue weighted by molar-refractivity contribution is -0.141. The van der Waals surface area contributed by atoms with E-state index in [0.717, 1.165) is 25.7 Å². The van der Waals surface area contributed by atoms with Crippen molar-refractivity contribution in [1.29, 1.82) is 0 Å². The van der Waals surface area contributed by atoms with Gasteiger partial charge in [-0.05, 0) is 44.9 Å². The Morgan fingerprint density at radius 1 is 1.25 bits per heavy atom. The van der Waals surface area contributed by atoms with Crippen molar-refractivity contribution in [3.8, 4) is 0 Å². The average Bonchev–Trinajstić information content (AvgIpc) is 2.66. The van der Waals surface area contributed by atoms with Gasteiger partial charge in [-0.25, -0.2) is 4.39 Å². The van der Waals surface area contributed by atoms with Crippen molar-refractivity contribution >= 4 is 17.5 Å². The molecule has 0 bridgehead atoms. The Kier molecular flexibility index (Phi) is 6.35. The third kappa shape index (κ3) is 4.70. The maximum absolute atomic E-state index is 13.3. The van der Waals surface area contributed by atoms with Crippen molar-refractivity contribution in [3.05, 3.63) is 30.1 Å². The summed E-state index contributed by atoms with van der Waals surface area (Å²) in [6, 6.07) is 5.52. The quantitative estimate of drug-likeness (QED) is 0.826. The van der Waals surface area contributed by atoms with Gasteiger partial charge in [0.05, 0.1) is 12.0 Å². The highest BCUT2D eigenvalue weighted by atomic mass is 19.1. The van der Waals surface area contributed by atoms with Gasteiger partial charge in [-0.2, -0.15) is 0 Å². The van der Waals surface area contributed by atoms with E-state index in [4.69, 9.17) is 5.73 Å². The Hall–Kier alpha value is -1.99. The van der Waals surface area contributed by atoms with E-state index in [1.807, 2.05) is 18.7 Å². The lowest BCUT2D eigenvalue weighted by atomic mass is 9.74. The molecule has 2 aliphatic rings. The van der Waals surface area contributed by atoms with E-state index >= 15 is 0 Å². The van der Waals surface area contributed by atoms with Gasteiger partial charge in [-0.15, -0.1) is 0 Å². The topological polar surface area (TPSA) is 78.7 Å². The van der Waals surface area contributed by atoms with Crippen LogP contribution in [0.3, 0.4) is 0 Å². The van der Waals surface area contributed by atoms with E-state index < -0.39 is 5.54 Å². The molecule has 1 aliphatic carbocycles. The summed E-state index contributed by atoms with van der Waals surface area (Å²) >= 11 is 0. The van der Waals surface area contributed by atoms with Crippen LogP contribution in [-0.4, -0.2) is 59.4 Å². The fourth-order valence-electron chi connectivity index (χ4n) is 4.29. The molecule has 1 aromatic rings. The summed E-state index contributed by atoms with van der Waals surface area (Å²) in [7, 11) is 0. The van der Waals surface area contributed by atoms with Crippen molar-refractivity contribution < 1.29 is 14.0 Å². The SMILES string of the molecule is CC(C(=O)Nc1cccc(F)c1)N1CCN(C(=O)C2CCCCC2(C)N)CC1. The van der Waals surface area contributed by atoms with Gasteiger partial charge < -0.3 is 16.0 Å². The van der Waals surface area contributed by atoms with Crippen LogP contribution in [0.25, 0.3) is 0 Å². The molecule has 3 N–H and O–H groups in total. The van der Waals surface area contributed by atoms with Gasteiger partial charge >= 0.3 is 0 Å². The molecule has 3 atom stereocenters. The molecule has 0 spiro atoms. The predicted octanol–water partition coefficient (Wildman–Crippen LogP) is 2.20. The number of hydrogen-bond acceptors (Lipinski definition) is 4. The second-order valence-electron chi connectivity index (χ2n) is 8.34. The van der Waals surface area contributed by atoms with Gasteiger partial charge in [0, 0.05) is 37.4 Å². The van der Waals surface area contributed by atoms with Gasteiger partial charge in [0.1, 0.15) is 5.82 Å². The Balaban J connectivity index is 1.53. The second-order valence-corrected chi connectivity index (χ2v) is 8.34. The van der Waals surface area contributed by atoms with Crippen LogP contribution in [0.5, 0.6) is 0 Å². The van der Waals surface area contributed by atoms with Crippen LogP contribution in [0.4, 0.5) is 10.1 Å². The number of amides is 2. The first-order valence-corrected chi connectivity index (χ1v) is 10.2. The van der Waals surface area contributed by atoms with Gasteiger partial charge in [-0.3, -0.25) is 14.5 Å². The van der Waals surface area contributed by atoms with E-state index in [9.17, 15) is 14.0 Å². The Labute approximate surface area is 166 Å². The lowest BCUT2D eigenvalue weighted by Gasteiger charge is -2.43. The van der Waals surface area contributed by atoms with Crippen molar-refractivity contribution in [2.75, 3.05) is 31.5 Å². The molecule has 2 fully saturated rings. The number of benzene rings is 1. The standard InChI is InChI=1S/C21H31FN4O2/c1-15(19(27)24-17-7-5-6-16(22)14-17)25-10-12-26(13-11-25)20(28)18-8-3-4-9-21(18,2)23/h5-7,14-15,18H,3-4,8-13,23H2,1-2H3,(H,24,27). The monoisotopic (exact) mass is 390 g/mol. The number of halogens is 1. The first kappa shape index (κ1) is 20.7. The van der Waals surface area contributed by atoms with E-state index in [2.05, 4.69) is 10.2 Å². The summed E-state index contributed by atoms with van der Waals surface area (Å²) < 4.78 is 13.3. The molecular formula is C21H31FN4O2. The molecule has 1 aromatic carbocycles. The van der Waals surface area contributed by atoms with Crippen LogP contribution < -0.4 is 11.1 Å². The van der Waals surface area contributed by atoms with Gasteiger partial charge in [-0.1, -0.05) is 18.9 Å². The summed E-state index contributed by atoms with van der Waals surface area (Å²) in [5.41, 5.74) is 6.41. The highest BCUT2D eigenvalue weighted by molar-refractivity contribution is 5.94. The predicted molar refractivity (Wildman–Crippen MR) is 107 cm³/mol. The number of nitrogens with two attached hydrogens (primary N) is 1. The minimum Gasteiger partial charge on any atom is -0.340 e. The minimum atomic E-state index is -0.426. The van der Waals surface area contributed by atoms with Crippen LogP contribution in [-0.2, 0) is 9.59 Å². The molecule has 0 aromatic heterocycles. The molecule has 0 radical (unpaired) electrons. The molecule has 7 heteroatoms. The van der Waals surface area contributed by atoms with E-state index in [1.165, 1.54) is 12.1 Å². The first-order valence-electron chi connectivity index (χ1n) is 10.2. The number of nitrogens with zero attached hydrogens (tertiary/aromatic N) is 2. The molecule has 154 valence electrons. The second kappa shape index (κ2) is 8.57. The molecule has 6 nitrogen and oxygen atoms in total. The van der Waals surface area contributed by atoms with Crippen LogP contribution in [0.2, 0.25) is 0 Å². The van der Waals surface area contributed by atoms with Gasteiger partial charge in [0.25, 0.3) is 0 Å². The van der Waals surface area contributed by atoms with Gasteiger partial charge in [0.2, 0.25) is 11.8 Å². The Morgan fingerprint density at radius 3 is 2.61 bits per heavy atom. The fraction of sp³-hybridized carbons (Fsp3) is 0.619. The number of hydrogen-bond donors (Lipinski definition) is 2. The summed E-state index contributed by atoms with van der Waals surface area (Å²) in [5.74, 6) is -0.512. The number of carbonyl (C=O) groups is 2. The largest absolute Gasteiger partial charge is 0.340 e. The zero-order valence-corrected chi connectivity index (χ0v) is 16.8.